The summed E-state index contributed by atoms with van der Waals surface area (Å²) >= 11 is 7.27. The number of nitrogens with one attached hydrogen (secondary N) is 1. The van der Waals surface area contributed by atoms with E-state index >= 15 is 0 Å². The standard InChI is InChI=1S/C22H19IN2O6S/c1-3-30-17-10-12(9-16(23)18(17)31-4-2)8-15-19(26)24-22(32)25(20(15)27)14-7-5-6-13(11-14)21(28)29/h5-11H,3-4H2,1-2H3,(H,28,29)(H,24,26,32). The zero-order chi connectivity index (χ0) is 23.4. The van der Waals surface area contributed by atoms with E-state index in [-0.39, 0.29) is 21.9 Å². The minimum atomic E-state index is -1.14. The van der Waals surface area contributed by atoms with Crippen LogP contribution < -0.4 is 19.7 Å². The third kappa shape index (κ3) is 4.91. The van der Waals surface area contributed by atoms with Crippen molar-refractivity contribution in [2.45, 2.75) is 13.8 Å². The van der Waals surface area contributed by atoms with Crippen LogP contribution >= 0.6 is 34.8 Å². The van der Waals surface area contributed by atoms with E-state index in [4.69, 9.17) is 21.7 Å². The normalized spacial score (nSPS) is 15.0. The summed E-state index contributed by atoms with van der Waals surface area (Å²) in [6.07, 6.45) is 1.44. The predicted octanol–water partition coefficient (Wildman–Crippen LogP) is 3.62. The molecule has 0 atom stereocenters. The molecule has 0 aromatic heterocycles. The number of carboxylic acid groups (broad SMARTS) is 1. The molecule has 166 valence electrons. The van der Waals surface area contributed by atoms with Gasteiger partial charge in [-0.2, -0.15) is 0 Å². The number of nitrogens with zero attached hydrogens (tertiary/aromatic N) is 1. The summed E-state index contributed by atoms with van der Waals surface area (Å²) in [4.78, 5) is 38.2. The molecule has 0 aliphatic carbocycles. The lowest BCUT2D eigenvalue weighted by Crippen LogP contribution is -2.54. The van der Waals surface area contributed by atoms with Crippen molar-refractivity contribution < 1.29 is 29.0 Å². The van der Waals surface area contributed by atoms with Crippen molar-refractivity contribution in [1.29, 1.82) is 0 Å². The van der Waals surface area contributed by atoms with E-state index in [9.17, 15) is 19.5 Å². The number of carbonyl (C=O) groups is 3. The highest BCUT2D eigenvalue weighted by molar-refractivity contribution is 14.1. The number of hydrogen-bond acceptors (Lipinski definition) is 6. The number of carbonyl (C=O) groups excluding carboxylic acids is 2. The highest BCUT2D eigenvalue weighted by atomic mass is 127. The van der Waals surface area contributed by atoms with Crippen LogP contribution in [0.5, 0.6) is 11.5 Å². The molecule has 2 aromatic rings. The van der Waals surface area contributed by atoms with Crippen molar-refractivity contribution in [2.75, 3.05) is 18.1 Å². The Kier molecular flexibility index (Phi) is 7.46. The van der Waals surface area contributed by atoms with Gasteiger partial charge < -0.3 is 14.6 Å². The van der Waals surface area contributed by atoms with Crippen LogP contribution in [0.2, 0.25) is 0 Å². The molecule has 1 heterocycles. The van der Waals surface area contributed by atoms with Gasteiger partial charge in [-0.1, -0.05) is 6.07 Å². The van der Waals surface area contributed by atoms with Crippen LogP contribution in [0.25, 0.3) is 6.08 Å². The average Bonchev–Trinajstić information content (AvgIpc) is 2.74. The van der Waals surface area contributed by atoms with E-state index < -0.39 is 17.8 Å². The van der Waals surface area contributed by atoms with Crippen molar-refractivity contribution in [1.82, 2.24) is 5.32 Å². The first-order valence-electron chi connectivity index (χ1n) is 9.60. The first kappa shape index (κ1) is 23.7. The molecule has 3 rings (SSSR count). The molecule has 0 saturated carbocycles. The van der Waals surface area contributed by atoms with Crippen molar-refractivity contribution in [3.8, 4) is 11.5 Å². The van der Waals surface area contributed by atoms with Gasteiger partial charge >= 0.3 is 5.97 Å². The summed E-state index contributed by atoms with van der Waals surface area (Å²) in [5.41, 5.74) is 0.638. The lowest BCUT2D eigenvalue weighted by molar-refractivity contribution is -0.122. The second-order valence-corrected chi connectivity index (χ2v) is 8.06. The molecule has 2 amide bonds. The van der Waals surface area contributed by atoms with Crippen LogP contribution in [-0.2, 0) is 9.59 Å². The number of carboxylic acids is 1. The summed E-state index contributed by atoms with van der Waals surface area (Å²) in [6, 6.07) is 9.21. The average molecular weight is 566 g/mol. The Labute approximate surface area is 203 Å². The van der Waals surface area contributed by atoms with E-state index in [1.54, 1.807) is 18.2 Å². The molecule has 0 radical (unpaired) electrons. The molecule has 2 aromatic carbocycles. The number of hydrogen-bond donors (Lipinski definition) is 2. The van der Waals surface area contributed by atoms with Crippen LogP contribution in [0.15, 0.2) is 42.0 Å². The maximum absolute atomic E-state index is 13.2. The molecule has 1 saturated heterocycles. The van der Waals surface area contributed by atoms with Gasteiger partial charge in [0.1, 0.15) is 5.57 Å². The maximum Gasteiger partial charge on any atom is 0.335 e. The fourth-order valence-electron chi connectivity index (χ4n) is 3.06. The van der Waals surface area contributed by atoms with E-state index in [0.29, 0.717) is 30.3 Å². The summed E-state index contributed by atoms with van der Waals surface area (Å²) in [7, 11) is 0. The van der Waals surface area contributed by atoms with Crippen LogP contribution in [-0.4, -0.2) is 41.2 Å². The van der Waals surface area contributed by atoms with Crippen molar-refractivity contribution in [2.24, 2.45) is 0 Å². The molecule has 0 unspecified atom stereocenters. The van der Waals surface area contributed by atoms with Gasteiger partial charge in [0.15, 0.2) is 16.6 Å². The van der Waals surface area contributed by atoms with Gasteiger partial charge in [0.05, 0.1) is 28.0 Å². The lowest BCUT2D eigenvalue weighted by Gasteiger charge is -2.29. The van der Waals surface area contributed by atoms with Crippen LogP contribution in [0.1, 0.15) is 29.8 Å². The van der Waals surface area contributed by atoms with Crippen LogP contribution in [0, 0.1) is 3.57 Å². The molecule has 1 aliphatic rings. The molecule has 1 fully saturated rings. The Morgan fingerprint density at radius 2 is 1.91 bits per heavy atom. The number of thiocarbonyl (C=S) groups is 1. The summed E-state index contributed by atoms with van der Waals surface area (Å²) in [5, 5.41) is 11.6. The van der Waals surface area contributed by atoms with Gasteiger partial charge in [-0.25, -0.2) is 4.79 Å². The molecular weight excluding hydrogens is 547 g/mol. The number of ether oxygens (including phenoxy) is 2. The van der Waals surface area contributed by atoms with Crippen molar-refractivity contribution in [3.05, 3.63) is 56.7 Å². The van der Waals surface area contributed by atoms with E-state index in [0.717, 1.165) is 8.47 Å². The zero-order valence-corrected chi connectivity index (χ0v) is 20.2. The number of aromatic carboxylic acids is 1. The highest BCUT2D eigenvalue weighted by Crippen LogP contribution is 2.35. The Balaban J connectivity index is 2.04. The maximum atomic E-state index is 13.2. The van der Waals surface area contributed by atoms with Gasteiger partial charge in [0.2, 0.25) is 0 Å². The minimum Gasteiger partial charge on any atom is -0.490 e. The predicted molar refractivity (Wildman–Crippen MR) is 131 cm³/mol. The molecule has 0 spiro atoms. The van der Waals surface area contributed by atoms with E-state index in [1.165, 1.54) is 24.3 Å². The molecule has 0 bridgehead atoms. The number of halogens is 1. The molecule has 10 heteroatoms. The third-order valence-corrected chi connectivity index (χ3v) is 5.47. The smallest absolute Gasteiger partial charge is 0.335 e. The minimum absolute atomic E-state index is 0.0112. The van der Waals surface area contributed by atoms with Gasteiger partial charge in [-0.3, -0.25) is 19.8 Å². The van der Waals surface area contributed by atoms with Gasteiger partial charge in [-0.15, -0.1) is 0 Å². The van der Waals surface area contributed by atoms with Crippen molar-refractivity contribution in [3.63, 3.8) is 0 Å². The second-order valence-electron chi connectivity index (χ2n) is 6.51. The lowest BCUT2D eigenvalue weighted by atomic mass is 10.1. The van der Waals surface area contributed by atoms with E-state index in [1.807, 2.05) is 13.8 Å². The largest absolute Gasteiger partial charge is 0.490 e. The molecule has 2 N–H and O–H groups in total. The number of rotatable bonds is 7. The molecule has 32 heavy (non-hydrogen) atoms. The first-order chi connectivity index (χ1) is 15.3. The monoisotopic (exact) mass is 566 g/mol. The molecular formula is C22H19IN2O6S. The Morgan fingerprint density at radius 3 is 2.56 bits per heavy atom. The summed E-state index contributed by atoms with van der Waals surface area (Å²) < 4.78 is 12.1. The number of anilines is 1. The summed E-state index contributed by atoms with van der Waals surface area (Å²) in [5.74, 6) is -1.37. The Hall–Kier alpha value is -2.99. The highest BCUT2D eigenvalue weighted by Gasteiger charge is 2.34. The molecule has 1 aliphatic heterocycles. The Morgan fingerprint density at radius 1 is 1.19 bits per heavy atom. The fraction of sp³-hybridized carbons (Fsp3) is 0.182. The fourth-order valence-corrected chi connectivity index (χ4v) is 4.12. The summed E-state index contributed by atoms with van der Waals surface area (Å²) in [6.45, 7) is 4.58. The number of amides is 2. The van der Waals surface area contributed by atoms with Crippen molar-refractivity contribution >= 4 is 69.5 Å². The molecule has 8 nitrogen and oxygen atoms in total. The number of benzene rings is 2. The van der Waals surface area contributed by atoms with Gasteiger partial charge in [-0.05, 0) is 90.6 Å². The zero-order valence-electron chi connectivity index (χ0n) is 17.2. The second kappa shape index (κ2) is 10.1. The van der Waals surface area contributed by atoms with Crippen LogP contribution in [0.4, 0.5) is 5.69 Å². The van der Waals surface area contributed by atoms with E-state index in [2.05, 4.69) is 27.9 Å². The van der Waals surface area contributed by atoms with Gasteiger partial charge in [0.25, 0.3) is 11.8 Å². The third-order valence-electron chi connectivity index (χ3n) is 4.38. The Bertz CT molecular complexity index is 1150. The quantitative estimate of drug-likeness (QED) is 0.228. The SMILES string of the molecule is CCOc1cc(C=C2C(=O)NC(=S)N(c3cccc(C(=O)O)c3)C2=O)cc(I)c1OCC. The van der Waals surface area contributed by atoms with Crippen LogP contribution in [0.3, 0.4) is 0 Å². The first-order valence-corrected chi connectivity index (χ1v) is 11.1. The topological polar surface area (TPSA) is 105 Å². The van der Waals surface area contributed by atoms with Gasteiger partial charge in [0, 0.05) is 0 Å².